The Kier molecular flexibility index (Phi) is 3.20. The molecule has 20 heavy (non-hydrogen) atoms. The van der Waals surface area contributed by atoms with Crippen LogP contribution in [0, 0.1) is 5.92 Å². The van der Waals surface area contributed by atoms with Crippen molar-refractivity contribution in [1.82, 2.24) is 0 Å². The van der Waals surface area contributed by atoms with Gasteiger partial charge in [-0.15, -0.1) is 0 Å². The lowest BCUT2D eigenvalue weighted by atomic mass is 10.1. The van der Waals surface area contributed by atoms with Gasteiger partial charge in [0.15, 0.2) is 11.5 Å². The number of rotatable bonds is 3. The Hall–Kier alpha value is -1.91. The minimum Gasteiger partial charge on any atom is -0.454 e. The Bertz CT molecular complexity index is 542. The molecule has 0 spiro atoms. The van der Waals surface area contributed by atoms with Gasteiger partial charge in [-0.05, 0) is 19.3 Å². The van der Waals surface area contributed by atoms with Crippen LogP contribution in [0.15, 0.2) is 12.1 Å². The molecule has 0 bridgehead atoms. The van der Waals surface area contributed by atoms with E-state index in [-0.39, 0.29) is 18.7 Å². The van der Waals surface area contributed by atoms with Crippen molar-refractivity contribution in [2.24, 2.45) is 5.92 Å². The first-order valence-corrected chi connectivity index (χ1v) is 7.08. The molecule has 2 heterocycles. The second kappa shape index (κ2) is 4.89. The first-order valence-electron chi connectivity index (χ1n) is 7.08. The van der Waals surface area contributed by atoms with Gasteiger partial charge >= 0.3 is 0 Å². The van der Waals surface area contributed by atoms with Gasteiger partial charge in [0.05, 0.1) is 11.4 Å². The number of nitrogens with one attached hydrogen (secondary N) is 1. The largest absolute Gasteiger partial charge is 0.454 e. The number of carbonyl (C=O) groups is 1. The van der Waals surface area contributed by atoms with Crippen molar-refractivity contribution in [2.75, 3.05) is 23.6 Å². The molecule has 3 rings (SSSR count). The van der Waals surface area contributed by atoms with Crippen molar-refractivity contribution in [3.8, 4) is 11.5 Å². The molecular weight excluding hydrogens is 256 g/mol. The summed E-state index contributed by atoms with van der Waals surface area (Å²) in [6.45, 7) is 7.19. The molecule has 0 aromatic heterocycles. The molecule has 108 valence electrons. The molecular formula is C15H20N2O3. The number of carbonyl (C=O) groups excluding carboxylic acids is 1. The van der Waals surface area contributed by atoms with Gasteiger partial charge in [-0.1, -0.05) is 13.8 Å². The number of hydrogen-bond donors (Lipinski definition) is 1. The third-order valence-electron chi connectivity index (χ3n) is 3.72. The standard InChI is InChI=1S/C15H20N2O3/c1-9(2)4-5-17-12-7-14-13(19-8-20-14)6-11(12)16-10(3)15(17)18/h6-7,9-10,16H,4-5,8H2,1-3H3. The Morgan fingerprint density at radius 2 is 2.05 bits per heavy atom. The minimum absolute atomic E-state index is 0.108. The lowest BCUT2D eigenvalue weighted by Gasteiger charge is -2.34. The van der Waals surface area contributed by atoms with Crippen LogP contribution in [-0.2, 0) is 4.79 Å². The van der Waals surface area contributed by atoms with Crippen LogP contribution in [0.25, 0.3) is 0 Å². The van der Waals surface area contributed by atoms with E-state index in [0.717, 1.165) is 30.1 Å². The van der Waals surface area contributed by atoms with Crippen LogP contribution >= 0.6 is 0 Å². The van der Waals surface area contributed by atoms with E-state index in [9.17, 15) is 4.79 Å². The van der Waals surface area contributed by atoms with Crippen LogP contribution in [0.1, 0.15) is 27.2 Å². The van der Waals surface area contributed by atoms with Gasteiger partial charge in [0.2, 0.25) is 12.7 Å². The molecule has 1 N–H and O–H groups in total. The zero-order valence-corrected chi connectivity index (χ0v) is 12.1. The number of anilines is 2. The average molecular weight is 276 g/mol. The van der Waals surface area contributed by atoms with E-state index in [2.05, 4.69) is 19.2 Å². The van der Waals surface area contributed by atoms with Crippen molar-refractivity contribution in [1.29, 1.82) is 0 Å². The number of ether oxygens (including phenoxy) is 2. The van der Waals surface area contributed by atoms with Crippen molar-refractivity contribution in [2.45, 2.75) is 33.2 Å². The predicted molar refractivity (Wildman–Crippen MR) is 77.5 cm³/mol. The Balaban J connectivity index is 1.96. The van der Waals surface area contributed by atoms with Crippen LogP contribution in [0.5, 0.6) is 11.5 Å². The molecule has 0 radical (unpaired) electrons. The quantitative estimate of drug-likeness (QED) is 0.922. The summed E-state index contributed by atoms with van der Waals surface area (Å²) in [5.74, 6) is 2.12. The molecule has 1 atom stereocenters. The summed E-state index contributed by atoms with van der Waals surface area (Å²) in [6, 6.07) is 3.60. The minimum atomic E-state index is -0.213. The number of amides is 1. The molecule has 0 saturated heterocycles. The van der Waals surface area contributed by atoms with E-state index < -0.39 is 0 Å². The second-order valence-electron chi connectivity index (χ2n) is 5.76. The summed E-state index contributed by atoms with van der Waals surface area (Å²) in [7, 11) is 0. The molecule has 1 aromatic rings. The topological polar surface area (TPSA) is 50.8 Å². The highest BCUT2D eigenvalue weighted by atomic mass is 16.7. The van der Waals surface area contributed by atoms with E-state index in [1.807, 2.05) is 24.0 Å². The Morgan fingerprint density at radius 1 is 1.35 bits per heavy atom. The highest BCUT2D eigenvalue weighted by molar-refractivity contribution is 6.05. The van der Waals surface area contributed by atoms with Crippen molar-refractivity contribution >= 4 is 17.3 Å². The average Bonchev–Trinajstić information content (AvgIpc) is 2.84. The lowest BCUT2D eigenvalue weighted by Crippen LogP contribution is -2.46. The first-order chi connectivity index (χ1) is 9.56. The van der Waals surface area contributed by atoms with Gasteiger partial charge in [0, 0.05) is 18.7 Å². The molecule has 0 saturated carbocycles. The zero-order valence-electron chi connectivity index (χ0n) is 12.1. The highest BCUT2D eigenvalue weighted by Crippen LogP contribution is 2.43. The van der Waals surface area contributed by atoms with Crippen LogP contribution in [0.4, 0.5) is 11.4 Å². The van der Waals surface area contributed by atoms with E-state index >= 15 is 0 Å². The van der Waals surface area contributed by atoms with Crippen molar-refractivity contribution in [3.05, 3.63) is 12.1 Å². The highest BCUT2D eigenvalue weighted by Gasteiger charge is 2.31. The molecule has 1 amide bonds. The summed E-state index contributed by atoms with van der Waals surface area (Å²) in [5, 5.41) is 3.23. The fourth-order valence-electron chi connectivity index (χ4n) is 2.54. The van der Waals surface area contributed by atoms with Gasteiger partial charge < -0.3 is 19.7 Å². The summed E-state index contributed by atoms with van der Waals surface area (Å²) >= 11 is 0. The summed E-state index contributed by atoms with van der Waals surface area (Å²) in [6.07, 6.45) is 0.979. The van der Waals surface area contributed by atoms with Gasteiger partial charge in [0.1, 0.15) is 6.04 Å². The fourth-order valence-corrected chi connectivity index (χ4v) is 2.54. The molecule has 5 heteroatoms. The SMILES string of the molecule is CC(C)CCN1C(=O)C(C)Nc2cc3c(cc21)OCO3. The van der Waals surface area contributed by atoms with E-state index in [0.29, 0.717) is 11.7 Å². The monoisotopic (exact) mass is 276 g/mol. The number of fused-ring (bicyclic) bond motifs is 2. The third-order valence-corrected chi connectivity index (χ3v) is 3.72. The Morgan fingerprint density at radius 3 is 2.75 bits per heavy atom. The van der Waals surface area contributed by atoms with Gasteiger partial charge in [0.25, 0.3) is 0 Å². The predicted octanol–water partition coefficient (Wildman–Crippen LogP) is 2.61. The number of nitrogens with zero attached hydrogens (tertiary/aromatic N) is 1. The summed E-state index contributed by atoms with van der Waals surface area (Å²) in [4.78, 5) is 14.3. The number of hydrogen-bond acceptors (Lipinski definition) is 4. The van der Waals surface area contributed by atoms with Gasteiger partial charge in [-0.2, -0.15) is 0 Å². The van der Waals surface area contributed by atoms with Crippen LogP contribution < -0.4 is 19.7 Å². The third kappa shape index (κ3) is 2.17. The van der Waals surface area contributed by atoms with Crippen LogP contribution in [0.2, 0.25) is 0 Å². The normalized spacial score (nSPS) is 20.1. The maximum absolute atomic E-state index is 12.4. The van der Waals surface area contributed by atoms with Crippen molar-refractivity contribution in [3.63, 3.8) is 0 Å². The zero-order chi connectivity index (χ0) is 14.3. The first kappa shape index (κ1) is 13.1. The van der Waals surface area contributed by atoms with Crippen LogP contribution in [0.3, 0.4) is 0 Å². The van der Waals surface area contributed by atoms with E-state index in [1.54, 1.807) is 0 Å². The van der Waals surface area contributed by atoms with Crippen molar-refractivity contribution < 1.29 is 14.3 Å². The molecule has 1 aromatic carbocycles. The molecule has 2 aliphatic heterocycles. The van der Waals surface area contributed by atoms with E-state index in [4.69, 9.17) is 9.47 Å². The molecule has 0 fully saturated rings. The second-order valence-corrected chi connectivity index (χ2v) is 5.76. The maximum Gasteiger partial charge on any atom is 0.249 e. The van der Waals surface area contributed by atoms with E-state index in [1.165, 1.54) is 0 Å². The summed E-state index contributed by atoms with van der Waals surface area (Å²) in [5.41, 5.74) is 1.82. The maximum atomic E-state index is 12.4. The number of benzene rings is 1. The van der Waals surface area contributed by atoms with Crippen LogP contribution in [-0.4, -0.2) is 25.3 Å². The Labute approximate surface area is 118 Å². The molecule has 0 aliphatic carbocycles. The summed E-state index contributed by atoms with van der Waals surface area (Å²) < 4.78 is 10.8. The fraction of sp³-hybridized carbons (Fsp3) is 0.533. The molecule has 5 nitrogen and oxygen atoms in total. The lowest BCUT2D eigenvalue weighted by molar-refractivity contribution is -0.119. The van der Waals surface area contributed by atoms with Gasteiger partial charge in [-0.25, -0.2) is 0 Å². The smallest absolute Gasteiger partial charge is 0.249 e. The molecule has 2 aliphatic rings. The molecule has 1 unspecified atom stereocenters. The van der Waals surface area contributed by atoms with Gasteiger partial charge in [-0.3, -0.25) is 4.79 Å².